The van der Waals surface area contributed by atoms with E-state index in [1.54, 1.807) is 0 Å². The summed E-state index contributed by atoms with van der Waals surface area (Å²) in [4.78, 5) is 15.6. The second kappa shape index (κ2) is 9.35. The van der Waals surface area contributed by atoms with E-state index in [1.165, 1.54) is 36.8 Å². The Morgan fingerprint density at radius 1 is 1.09 bits per heavy atom. The van der Waals surface area contributed by atoms with Crippen LogP contribution in [0.1, 0.15) is 61.0 Å². The number of hydrogen-bond acceptors (Lipinski definition) is 5. The van der Waals surface area contributed by atoms with Crippen molar-refractivity contribution in [3.8, 4) is 0 Å². The van der Waals surface area contributed by atoms with Crippen molar-refractivity contribution in [1.29, 1.82) is 0 Å². The molecule has 1 saturated carbocycles. The molecule has 1 saturated heterocycles. The number of nitrogens with zero attached hydrogens (tertiary/aromatic N) is 1. The van der Waals surface area contributed by atoms with Gasteiger partial charge in [0.2, 0.25) is 0 Å². The minimum absolute atomic E-state index is 0.0112. The van der Waals surface area contributed by atoms with Crippen molar-refractivity contribution < 1.29 is 4.79 Å². The zero-order valence-electron chi connectivity index (χ0n) is 20.0. The van der Waals surface area contributed by atoms with Gasteiger partial charge in [-0.15, -0.1) is 0 Å². The van der Waals surface area contributed by atoms with Gasteiger partial charge in [-0.3, -0.25) is 9.69 Å². The Labute approximate surface area is 197 Å². The van der Waals surface area contributed by atoms with Gasteiger partial charge in [-0.1, -0.05) is 44.9 Å². The number of carbonyl (C=O) groups excluding carboxylic acids is 1. The molecule has 2 heterocycles. The summed E-state index contributed by atoms with van der Waals surface area (Å²) < 4.78 is 0. The van der Waals surface area contributed by atoms with E-state index in [9.17, 15) is 4.79 Å². The number of anilines is 3. The van der Waals surface area contributed by atoms with Crippen LogP contribution in [0.15, 0.2) is 36.4 Å². The van der Waals surface area contributed by atoms with E-state index in [0.717, 1.165) is 55.3 Å². The summed E-state index contributed by atoms with van der Waals surface area (Å²) in [6.45, 7) is 10.2. The third kappa shape index (κ3) is 4.59. The van der Waals surface area contributed by atoms with Gasteiger partial charge in [0.05, 0.1) is 11.4 Å². The number of amides is 1. The van der Waals surface area contributed by atoms with Gasteiger partial charge in [0.1, 0.15) is 0 Å². The van der Waals surface area contributed by atoms with Gasteiger partial charge in [-0.25, -0.2) is 0 Å². The Morgan fingerprint density at radius 2 is 1.85 bits per heavy atom. The fraction of sp³-hybridized carbons (Fsp3) is 0.519. The molecule has 2 aromatic carbocycles. The van der Waals surface area contributed by atoms with Gasteiger partial charge in [-0.05, 0) is 42.2 Å². The van der Waals surface area contributed by atoms with Gasteiger partial charge in [0, 0.05) is 62.0 Å². The van der Waals surface area contributed by atoms with Gasteiger partial charge in [0.25, 0.3) is 5.91 Å². The zero-order chi connectivity index (χ0) is 22.8. The summed E-state index contributed by atoms with van der Waals surface area (Å²) in [5.41, 5.74) is 6.30. The maximum Gasteiger partial charge on any atom is 0.251 e. The van der Waals surface area contributed by atoms with Crippen LogP contribution in [0.25, 0.3) is 0 Å². The van der Waals surface area contributed by atoms with Crippen molar-refractivity contribution in [1.82, 2.24) is 15.5 Å². The number of para-hydroxylation sites is 1. The van der Waals surface area contributed by atoms with Crippen LogP contribution < -0.4 is 21.3 Å². The van der Waals surface area contributed by atoms with Crippen LogP contribution in [0.5, 0.6) is 0 Å². The monoisotopic (exact) mass is 447 g/mol. The van der Waals surface area contributed by atoms with E-state index < -0.39 is 0 Å². The highest BCUT2D eigenvalue weighted by Crippen LogP contribution is 2.48. The van der Waals surface area contributed by atoms with E-state index in [4.69, 9.17) is 0 Å². The zero-order valence-corrected chi connectivity index (χ0v) is 20.0. The van der Waals surface area contributed by atoms with Crippen LogP contribution in [0.2, 0.25) is 0 Å². The summed E-state index contributed by atoms with van der Waals surface area (Å²) in [5, 5.41) is 14.0. The number of carbonyl (C=O) groups is 1. The van der Waals surface area contributed by atoms with E-state index in [2.05, 4.69) is 70.3 Å². The number of piperazine rings is 1. The molecule has 33 heavy (non-hydrogen) atoms. The lowest BCUT2D eigenvalue weighted by molar-refractivity contribution is 0.0947. The molecule has 0 aromatic heterocycles. The predicted molar refractivity (Wildman–Crippen MR) is 136 cm³/mol. The van der Waals surface area contributed by atoms with Gasteiger partial charge < -0.3 is 21.3 Å². The normalized spacial score (nSPS) is 19.9. The topological polar surface area (TPSA) is 68.4 Å². The summed E-state index contributed by atoms with van der Waals surface area (Å²) >= 11 is 0. The van der Waals surface area contributed by atoms with Crippen molar-refractivity contribution >= 4 is 23.0 Å². The predicted octanol–water partition coefficient (Wildman–Crippen LogP) is 4.06. The molecule has 2 aromatic rings. The van der Waals surface area contributed by atoms with Crippen LogP contribution in [-0.2, 0) is 5.41 Å². The SMILES string of the molecule is CC1(C)c2ccccc2Nc2c(NC3CCCC3)cc(C(=O)NCCN3CCNCC3)cc21. The van der Waals surface area contributed by atoms with E-state index in [-0.39, 0.29) is 11.3 Å². The Kier molecular flexibility index (Phi) is 6.30. The smallest absolute Gasteiger partial charge is 0.251 e. The molecule has 176 valence electrons. The second-order valence-corrected chi connectivity index (χ2v) is 10.2. The number of rotatable bonds is 6. The third-order valence-electron chi connectivity index (χ3n) is 7.57. The first-order valence-electron chi connectivity index (χ1n) is 12.6. The van der Waals surface area contributed by atoms with Crippen molar-refractivity contribution in [2.24, 2.45) is 0 Å². The number of benzene rings is 2. The quantitative estimate of drug-likeness (QED) is 0.538. The Bertz CT molecular complexity index is 1010. The molecule has 0 unspecified atom stereocenters. The highest BCUT2D eigenvalue weighted by molar-refractivity contribution is 5.98. The molecule has 2 fully saturated rings. The molecular weight excluding hydrogens is 410 g/mol. The summed E-state index contributed by atoms with van der Waals surface area (Å²) in [7, 11) is 0. The molecule has 5 rings (SSSR count). The van der Waals surface area contributed by atoms with Crippen molar-refractivity contribution in [2.45, 2.75) is 51.0 Å². The number of fused-ring (bicyclic) bond motifs is 2. The fourth-order valence-electron chi connectivity index (χ4n) is 5.59. The molecule has 6 nitrogen and oxygen atoms in total. The molecule has 6 heteroatoms. The van der Waals surface area contributed by atoms with E-state index in [0.29, 0.717) is 12.6 Å². The van der Waals surface area contributed by atoms with Crippen LogP contribution in [0, 0.1) is 0 Å². The lowest BCUT2D eigenvalue weighted by Gasteiger charge is -2.37. The Hall–Kier alpha value is -2.57. The summed E-state index contributed by atoms with van der Waals surface area (Å²) in [5.74, 6) is 0.0112. The van der Waals surface area contributed by atoms with Crippen LogP contribution in [0.4, 0.5) is 17.1 Å². The molecular formula is C27H37N5O. The minimum atomic E-state index is -0.194. The highest BCUT2D eigenvalue weighted by atomic mass is 16.1. The molecule has 2 aliphatic heterocycles. The molecule has 3 aliphatic rings. The standard InChI is InChI=1S/C27H37N5O/c1-27(2)21-9-5-6-10-23(21)31-25-22(27)17-19(18-24(25)30-20-7-3-4-8-20)26(33)29-13-16-32-14-11-28-12-15-32/h5-6,9-10,17-18,20,28,30-31H,3-4,7-8,11-16H2,1-2H3,(H,29,33). The van der Waals surface area contributed by atoms with Gasteiger partial charge in [-0.2, -0.15) is 0 Å². The molecule has 1 aliphatic carbocycles. The van der Waals surface area contributed by atoms with E-state index >= 15 is 0 Å². The summed E-state index contributed by atoms with van der Waals surface area (Å²) in [6.07, 6.45) is 4.92. The Balaban J connectivity index is 1.42. The first kappa shape index (κ1) is 22.2. The molecule has 0 atom stereocenters. The fourth-order valence-corrected chi connectivity index (χ4v) is 5.59. The van der Waals surface area contributed by atoms with Crippen LogP contribution in [-0.4, -0.2) is 56.1 Å². The van der Waals surface area contributed by atoms with Crippen molar-refractivity contribution in [2.75, 3.05) is 49.9 Å². The average Bonchev–Trinajstić information content (AvgIpc) is 3.33. The lowest BCUT2D eigenvalue weighted by Crippen LogP contribution is -2.46. The third-order valence-corrected chi connectivity index (χ3v) is 7.57. The van der Waals surface area contributed by atoms with Crippen molar-refractivity contribution in [3.63, 3.8) is 0 Å². The maximum atomic E-state index is 13.2. The summed E-state index contributed by atoms with van der Waals surface area (Å²) in [6, 6.07) is 13.1. The lowest BCUT2D eigenvalue weighted by atomic mass is 9.73. The van der Waals surface area contributed by atoms with Crippen molar-refractivity contribution in [3.05, 3.63) is 53.1 Å². The second-order valence-electron chi connectivity index (χ2n) is 10.2. The first-order valence-corrected chi connectivity index (χ1v) is 12.6. The van der Waals surface area contributed by atoms with Crippen LogP contribution in [0.3, 0.4) is 0 Å². The Morgan fingerprint density at radius 3 is 2.64 bits per heavy atom. The molecule has 4 N–H and O–H groups in total. The number of nitrogens with one attached hydrogen (secondary N) is 4. The molecule has 0 spiro atoms. The van der Waals surface area contributed by atoms with E-state index in [1.807, 2.05) is 6.07 Å². The van der Waals surface area contributed by atoms with Crippen LogP contribution >= 0.6 is 0 Å². The highest BCUT2D eigenvalue weighted by Gasteiger charge is 2.35. The molecule has 0 radical (unpaired) electrons. The maximum absolute atomic E-state index is 13.2. The molecule has 0 bridgehead atoms. The van der Waals surface area contributed by atoms with Gasteiger partial charge in [0.15, 0.2) is 0 Å². The largest absolute Gasteiger partial charge is 0.381 e. The average molecular weight is 448 g/mol. The van der Waals surface area contributed by atoms with Gasteiger partial charge >= 0.3 is 0 Å². The number of hydrogen-bond donors (Lipinski definition) is 4. The first-order chi connectivity index (χ1) is 16.0. The minimum Gasteiger partial charge on any atom is -0.381 e. The molecule has 1 amide bonds.